The first-order valence-corrected chi connectivity index (χ1v) is 8.88. The van der Waals surface area contributed by atoms with Gasteiger partial charge in [-0.1, -0.05) is 0 Å². The van der Waals surface area contributed by atoms with E-state index in [9.17, 15) is 18.0 Å². The summed E-state index contributed by atoms with van der Waals surface area (Å²) >= 11 is 0. The molecule has 8 nitrogen and oxygen atoms in total. The van der Waals surface area contributed by atoms with Gasteiger partial charge in [-0.3, -0.25) is 10.1 Å². The highest BCUT2D eigenvalue weighted by atomic mass is 32.2. The predicted octanol–water partition coefficient (Wildman–Crippen LogP) is -0.907. The first-order valence-electron chi connectivity index (χ1n) is 6.98. The number of nitrogens with zero attached hydrogens (tertiary/aromatic N) is 1. The Labute approximate surface area is 125 Å². The number of hydrogen-bond donors (Lipinski definition) is 3. The maximum absolute atomic E-state index is 11.5. The zero-order chi connectivity index (χ0) is 15.9. The molecule has 0 unspecified atom stereocenters. The lowest BCUT2D eigenvalue weighted by Gasteiger charge is -2.32. The summed E-state index contributed by atoms with van der Waals surface area (Å²) in [5.74, 6) is -0.0544. The van der Waals surface area contributed by atoms with Crippen LogP contribution >= 0.6 is 0 Å². The minimum Gasteiger partial charge on any atom is -0.341 e. The average molecular weight is 320 g/mol. The fourth-order valence-corrected chi connectivity index (χ4v) is 2.84. The van der Waals surface area contributed by atoms with Gasteiger partial charge in [-0.2, -0.15) is 0 Å². The van der Waals surface area contributed by atoms with Crippen molar-refractivity contribution < 1.29 is 18.0 Å². The van der Waals surface area contributed by atoms with Gasteiger partial charge in [0.25, 0.3) is 0 Å². The Morgan fingerprint density at radius 3 is 2.67 bits per heavy atom. The lowest BCUT2D eigenvalue weighted by atomic mass is 9.98. The summed E-state index contributed by atoms with van der Waals surface area (Å²) in [5.41, 5.74) is 0. The molecule has 122 valence electrons. The molecule has 0 aromatic rings. The Kier molecular flexibility index (Phi) is 7.06. The molecule has 21 heavy (non-hydrogen) atoms. The molecule has 3 N–H and O–H groups in total. The first-order chi connectivity index (χ1) is 9.80. The molecule has 0 aromatic heterocycles. The smallest absolute Gasteiger partial charge is 0.321 e. The van der Waals surface area contributed by atoms with Gasteiger partial charge in [0.05, 0.1) is 6.26 Å². The summed E-state index contributed by atoms with van der Waals surface area (Å²) in [7, 11) is -1.71. The Morgan fingerprint density at radius 2 is 2.05 bits per heavy atom. The first kappa shape index (κ1) is 17.9. The third kappa shape index (κ3) is 7.98. The van der Waals surface area contributed by atoms with Crippen LogP contribution in [0.4, 0.5) is 4.79 Å². The molecule has 0 saturated carbocycles. The van der Waals surface area contributed by atoms with Crippen LogP contribution in [0.2, 0.25) is 0 Å². The van der Waals surface area contributed by atoms with Crippen molar-refractivity contribution in [3.8, 4) is 0 Å². The number of sulfonamides is 1. The van der Waals surface area contributed by atoms with Gasteiger partial charge >= 0.3 is 6.03 Å². The number of imide groups is 1. The largest absolute Gasteiger partial charge is 0.341 e. The van der Waals surface area contributed by atoms with E-state index in [0.717, 1.165) is 32.2 Å². The number of likely N-dealkylation sites (tertiary alicyclic amines) is 1. The molecule has 1 heterocycles. The van der Waals surface area contributed by atoms with E-state index in [4.69, 9.17) is 0 Å². The second-order valence-electron chi connectivity index (χ2n) is 5.31. The van der Waals surface area contributed by atoms with E-state index < -0.39 is 16.1 Å². The summed E-state index contributed by atoms with van der Waals surface area (Å²) in [6.45, 7) is 2.65. The van der Waals surface area contributed by atoms with Gasteiger partial charge in [0.15, 0.2) is 0 Å². The number of hydrogen-bond acceptors (Lipinski definition) is 5. The number of carbonyl (C=O) groups is 2. The van der Waals surface area contributed by atoms with E-state index in [1.54, 1.807) is 0 Å². The number of nitrogens with one attached hydrogen (secondary N) is 3. The number of carbonyl (C=O) groups excluding carboxylic acids is 2. The molecule has 0 radical (unpaired) electrons. The molecule has 0 aliphatic carbocycles. The fraction of sp³-hybridized carbons (Fsp3) is 0.833. The molecule has 1 saturated heterocycles. The van der Waals surface area contributed by atoms with Crippen LogP contribution in [0.25, 0.3) is 0 Å². The van der Waals surface area contributed by atoms with Crippen molar-refractivity contribution in [2.75, 3.05) is 39.5 Å². The van der Waals surface area contributed by atoms with Crippen molar-refractivity contribution in [2.45, 2.75) is 19.3 Å². The van der Waals surface area contributed by atoms with Crippen LogP contribution in [-0.4, -0.2) is 64.7 Å². The SMILES string of the molecule is CNC(=O)NC(=O)CCN1CCC[C@H](CNS(C)(=O)=O)C1. The molecular formula is C12H24N4O4S. The summed E-state index contributed by atoms with van der Waals surface area (Å²) < 4.78 is 24.7. The highest BCUT2D eigenvalue weighted by Crippen LogP contribution is 2.16. The van der Waals surface area contributed by atoms with Crippen LogP contribution in [0.3, 0.4) is 0 Å². The normalized spacial score (nSPS) is 20.0. The molecule has 1 rings (SSSR count). The highest BCUT2D eigenvalue weighted by molar-refractivity contribution is 7.88. The van der Waals surface area contributed by atoms with Gasteiger partial charge < -0.3 is 10.2 Å². The molecule has 1 fully saturated rings. The summed E-state index contributed by atoms with van der Waals surface area (Å²) in [5, 5.41) is 4.54. The molecule has 1 atom stereocenters. The summed E-state index contributed by atoms with van der Waals surface area (Å²) in [6.07, 6.45) is 3.35. The Morgan fingerprint density at radius 1 is 1.33 bits per heavy atom. The van der Waals surface area contributed by atoms with Crippen molar-refractivity contribution in [2.24, 2.45) is 5.92 Å². The summed E-state index contributed by atoms with van der Waals surface area (Å²) in [4.78, 5) is 24.6. The fourth-order valence-electron chi connectivity index (χ4n) is 2.30. The zero-order valence-corrected chi connectivity index (χ0v) is 13.3. The molecule has 9 heteroatoms. The van der Waals surface area contributed by atoms with Gasteiger partial charge in [0, 0.05) is 33.1 Å². The van der Waals surface area contributed by atoms with Crippen LogP contribution in [0.5, 0.6) is 0 Å². The summed E-state index contributed by atoms with van der Waals surface area (Å²) in [6, 6.07) is -0.506. The molecule has 0 bridgehead atoms. The number of rotatable bonds is 6. The average Bonchev–Trinajstić information content (AvgIpc) is 2.42. The van der Waals surface area contributed by atoms with Gasteiger partial charge in [0.2, 0.25) is 15.9 Å². The molecule has 0 spiro atoms. The second-order valence-corrected chi connectivity index (χ2v) is 7.14. The third-order valence-corrected chi connectivity index (χ3v) is 4.06. The molecule has 1 aliphatic heterocycles. The second kappa shape index (κ2) is 8.30. The number of piperidine rings is 1. The van der Waals surface area contributed by atoms with E-state index in [1.165, 1.54) is 7.05 Å². The van der Waals surface area contributed by atoms with Crippen LogP contribution in [0, 0.1) is 5.92 Å². The van der Waals surface area contributed by atoms with Crippen molar-refractivity contribution in [3.63, 3.8) is 0 Å². The van der Waals surface area contributed by atoms with E-state index in [2.05, 4.69) is 20.3 Å². The van der Waals surface area contributed by atoms with Gasteiger partial charge in [-0.15, -0.1) is 0 Å². The minimum absolute atomic E-state index is 0.250. The molecule has 1 aliphatic rings. The molecule has 3 amide bonds. The quantitative estimate of drug-likeness (QED) is 0.587. The lowest BCUT2D eigenvalue weighted by Crippen LogP contribution is -2.43. The maximum atomic E-state index is 11.5. The predicted molar refractivity (Wildman–Crippen MR) is 79.2 cm³/mol. The minimum atomic E-state index is -3.16. The van der Waals surface area contributed by atoms with Crippen LogP contribution in [-0.2, 0) is 14.8 Å². The van der Waals surface area contributed by atoms with E-state index >= 15 is 0 Å². The van der Waals surface area contributed by atoms with Gasteiger partial charge in [-0.05, 0) is 25.3 Å². The monoisotopic (exact) mass is 320 g/mol. The number of urea groups is 1. The van der Waals surface area contributed by atoms with Gasteiger partial charge in [-0.25, -0.2) is 17.9 Å². The topological polar surface area (TPSA) is 108 Å². The van der Waals surface area contributed by atoms with Crippen molar-refractivity contribution in [1.29, 1.82) is 0 Å². The molecule has 0 aromatic carbocycles. The zero-order valence-electron chi connectivity index (χ0n) is 12.5. The van der Waals surface area contributed by atoms with E-state index in [0.29, 0.717) is 13.1 Å². The van der Waals surface area contributed by atoms with E-state index in [1.807, 2.05) is 0 Å². The van der Waals surface area contributed by atoms with Crippen molar-refractivity contribution >= 4 is 22.0 Å². The van der Waals surface area contributed by atoms with Crippen LogP contribution in [0.1, 0.15) is 19.3 Å². The van der Waals surface area contributed by atoms with Crippen LogP contribution in [0.15, 0.2) is 0 Å². The highest BCUT2D eigenvalue weighted by Gasteiger charge is 2.21. The van der Waals surface area contributed by atoms with Gasteiger partial charge in [0.1, 0.15) is 0 Å². The Bertz CT molecular complexity index is 466. The molecular weight excluding hydrogens is 296 g/mol. The van der Waals surface area contributed by atoms with Crippen molar-refractivity contribution in [1.82, 2.24) is 20.3 Å². The maximum Gasteiger partial charge on any atom is 0.321 e. The lowest BCUT2D eigenvalue weighted by molar-refractivity contribution is -0.120. The Balaban J connectivity index is 2.29. The Hall–Kier alpha value is -1.19. The van der Waals surface area contributed by atoms with E-state index in [-0.39, 0.29) is 18.2 Å². The third-order valence-electron chi connectivity index (χ3n) is 3.37. The standard InChI is InChI=1S/C12H24N4O4S/c1-13-12(18)15-11(17)5-7-16-6-3-4-10(9-16)8-14-21(2,19)20/h10,14H,3-9H2,1-2H3,(H2,13,15,17,18)/t10-/m1/s1. The van der Waals surface area contributed by atoms with Crippen molar-refractivity contribution in [3.05, 3.63) is 0 Å². The number of amides is 3. The van der Waals surface area contributed by atoms with Crippen LogP contribution < -0.4 is 15.4 Å².